The van der Waals surface area contributed by atoms with Crippen LogP contribution in [-0.2, 0) is 12.5 Å². The molecule has 0 unspecified atom stereocenters. The Hall–Kier alpha value is -2.47. The Morgan fingerprint density at radius 2 is 1.85 bits per heavy atom. The van der Waals surface area contributed by atoms with Gasteiger partial charge < -0.3 is 9.47 Å². The molecule has 27 heavy (non-hydrogen) atoms. The number of carbonyl (C=O) groups excluding carboxylic acids is 1. The largest absolute Gasteiger partial charge is 0.337 e. The second-order valence-electron chi connectivity index (χ2n) is 7.28. The fourth-order valence-corrected chi connectivity index (χ4v) is 4.84. The van der Waals surface area contributed by atoms with Gasteiger partial charge in [0.1, 0.15) is 5.69 Å². The molecule has 1 amide bonds. The number of nitrogens with zero attached hydrogens (tertiary/aromatic N) is 4. The van der Waals surface area contributed by atoms with E-state index in [1.165, 1.54) is 5.56 Å². The number of aromatic nitrogens is 3. The van der Waals surface area contributed by atoms with Crippen LogP contribution in [0.5, 0.6) is 0 Å². The van der Waals surface area contributed by atoms with E-state index in [0.717, 1.165) is 42.3 Å². The van der Waals surface area contributed by atoms with Crippen LogP contribution in [0.2, 0.25) is 0 Å². The first-order chi connectivity index (χ1) is 13.0. The quantitative estimate of drug-likeness (QED) is 0.696. The van der Waals surface area contributed by atoms with E-state index in [9.17, 15) is 4.79 Å². The minimum Gasteiger partial charge on any atom is -0.337 e. The van der Waals surface area contributed by atoms with E-state index in [4.69, 9.17) is 4.98 Å². The maximum Gasteiger partial charge on any atom is 0.272 e. The summed E-state index contributed by atoms with van der Waals surface area (Å²) in [7, 11) is 1.88. The molecule has 1 saturated heterocycles. The highest BCUT2D eigenvalue weighted by Gasteiger charge is 2.41. The smallest absolute Gasteiger partial charge is 0.272 e. The highest BCUT2D eigenvalue weighted by Crippen LogP contribution is 2.42. The van der Waals surface area contributed by atoms with Gasteiger partial charge in [0.2, 0.25) is 0 Å². The first-order valence-corrected chi connectivity index (χ1v) is 10.1. The van der Waals surface area contributed by atoms with E-state index in [2.05, 4.69) is 41.6 Å². The summed E-state index contributed by atoms with van der Waals surface area (Å²) in [5.74, 6) is 0.0728. The number of likely N-dealkylation sites (tertiary alicyclic amines) is 1. The molecular weight excluding hydrogens is 356 g/mol. The Labute approximate surface area is 163 Å². The van der Waals surface area contributed by atoms with Gasteiger partial charge in [-0.15, -0.1) is 11.3 Å². The Bertz CT molecular complexity index is 932. The van der Waals surface area contributed by atoms with Crippen molar-refractivity contribution in [1.29, 1.82) is 0 Å². The summed E-state index contributed by atoms with van der Waals surface area (Å²) in [5, 5.41) is 3.27. The minimum absolute atomic E-state index is 0.0728. The van der Waals surface area contributed by atoms with Crippen molar-refractivity contribution in [3.05, 3.63) is 69.7 Å². The topological polar surface area (TPSA) is 51.0 Å². The van der Waals surface area contributed by atoms with Gasteiger partial charge in [0.25, 0.3) is 5.91 Å². The molecule has 3 heterocycles. The van der Waals surface area contributed by atoms with Crippen molar-refractivity contribution >= 4 is 17.2 Å². The molecule has 1 aliphatic heterocycles. The second kappa shape index (κ2) is 6.93. The van der Waals surface area contributed by atoms with Crippen LogP contribution >= 0.6 is 11.3 Å². The van der Waals surface area contributed by atoms with Crippen molar-refractivity contribution in [2.24, 2.45) is 7.05 Å². The van der Waals surface area contributed by atoms with Crippen molar-refractivity contribution in [3.8, 4) is 0 Å². The zero-order valence-corrected chi connectivity index (χ0v) is 16.8. The van der Waals surface area contributed by atoms with E-state index in [1.807, 2.05) is 29.5 Å². The van der Waals surface area contributed by atoms with E-state index in [1.54, 1.807) is 17.7 Å². The Morgan fingerprint density at radius 1 is 1.15 bits per heavy atom. The lowest BCUT2D eigenvalue weighted by Gasteiger charge is -2.41. The summed E-state index contributed by atoms with van der Waals surface area (Å²) in [6, 6.07) is 10.6. The standard InChI is InChI=1S/C21H24N4OS/c1-15-19(24(3)14-22-15)20(26)25-11-9-21(10-12-25,17-7-5-4-6-8-17)18-13-27-16(2)23-18/h4-8,13-14H,9-12H2,1-3H3. The molecule has 140 valence electrons. The lowest BCUT2D eigenvalue weighted by molar-refractivity contribution is 0.0673. The molecule has 1 fully saturated rings. The molecule has 0 bridgehead atoms. The minimum atomic E-state index is -0.121. The van der Waals surface area contributed by atoms with Crippen LogP contribution in [0, 0.1) is 13.8 Å². The number of hydrogen-bond donors (Lipinski definition) is 0. The average molecular weight is 381 g/mol. The lowest BCUT2D eigenvalue weighted by atomic mass is 9.70. The third-order valence-electron chi connectivity index (χ3n) is 5.66. The molecule has 1 aliphatic rings. The molecule has 6 heteroatoms. The van der Waals surface area contributed by atoms with E-state index in [0.29, 0.717) is 5.69 Å². The van der Waals surface area contributed by atoms with Crippen LogP contribution in [0.25, 0.3) is 0 Å². The molecule has 0 radical (unpaired) electrons. The van der Waals surface area contributed by atoms with Crippen LogP contribution in [0.15, 0.2) is 42.0 Å². The predicted octanol–water partition coefficient (Wildman–Crippen LogP) is 3.72. The van der Waals surface area contributed by atoms with E-state index in [-0.39, 0.29) is 11.3 Å². The normalized spacial score (nSPS) is 16.5. The SMILES string of the molecule is Cc1nc(C2(c3ccccc3)CCN(C(=O)c3c(C)ncn3C)CC2)cs1. The monoisotopic (exact) mass is 380 g/mol. The molecule has 3 aromatic rings. The van der Waals surface area contributed by atoms with E-state index < -0.39 is 0 Å². The Kier molecular flexibility index (Phi) is 4.60. The highest BCUT2D eigenvalue weighted by atomic mass is 32.1. The first kappa shape index (κ1) is 17.9. The van der Waals surface area contributed by atoms with Gasteiger partial charge in [-0.2, -0.15) is 0 Å². The number of hydrogen-bond acceptors (Lipinski definition) is 4. The van der Waals surface area contributed by atoms with Crippen molar-refractivity contribution in [1.82, 2.24) is 19.4 Å². The third-order valence-corrected chi connectivity index (χ3v) is 6.44. The number of aryl methyl sites for hydroxylation is 3. The van der Waals surface area contributed by atoms with Crippen LogP contribution < -0.4 is 0 Å². The lowest BCUT2D eigenvalue weighted by Crippen LogP contribution is -2.46. The number of amides is 1. The van der Waals surface area contributed by atoms with Gasteiger partial charge in [-0.25, -0.2) is 9.97 Å². The average Bonchev–Trinajstić information content (AvgIpc) is 3.27. The zero-order chi connectivity index (χ0) is 19.0. The Morgan fingerprint density at radius 3 is 2.41 bits per heavy atom. The van der Waals surface area contributed by atoms with Gasteiger partial charge in [-0.05, 0) is 32.3 Å². The maximum atomic E-state index is 13.0. The van der Waals surface area contributed by atoms with Gasteiger partial charge >= 0.3 is 0 Å². The van der Waals surface area contributed by atoms with E-state index >= 15 is 0 Å². The molecule has 0 atom stereocenters. The van der Waals surface area contributed by atoms with Crippen LogP contribution in [0.1, 0.15) is 45.3 Å². The van der Waals surface area contributed by atoms with Gasteiger partial charge in [-0.3, -0.25) is 4.79 Å². The fourth-order valence-electron chi connectivity index (χ4n) is 4.13. The number of piperidine rings is 1. The van der Waals surface area contributed by atoms with Gasteiger partial charge in [0.15, 0.2) is 0 Å². The molecule has 1 aromatic carbocycles. The summed E-state index contributed by atoms with van der Waals surface area (Å²) in [6.45, 7) is 5.38. The summed E-state index contributed by atoms with van der Waals surface area (Å²) < 4.78 is 1.82. The van der Waals surface area contributed by atoms with Crippen molar-refractivity contribution < 1.29 is 4.79 Å². The number of benzene rings is 1. The number of rotatable bonds is 3. The number of imidazole rings is 1. The Balaban J connectivity index is 1.63. The zero-order valence-electron chi connectivity index (χ0n) is 16.0. The molecule has 2 aromatic heterocycles. The molecular formula is C21H24N4OS. The molecule has 0 spiro atoms. The third kappa shape index (κ3) is 3.08. The van der Waals surface area contributed by atoms with Crippen LogP contribution in [0.3, 0.4) is 0 Å². The first-order valence-electron chi connectivity index (χ1n) is 9.26. The number of thiazole rings is 1. The summed E-state index contributed by atoms with van der Waals surface area (Å²) in [6.07, 6.45) is 3.46. The predicted molar refractivity (Wildman–Crippen MR) is 107 cm³/mol. The van der Waals surface area contributed by atoms with Gasteiger partial charge in [0, 0.05) is 30.9 Å². The highest BCUT2D eigenvalue weighted by molar-refractivity contribution is 7.09. The molecule has 0 saturated carbocycles. The molecule has 5 nitrogen and oxygen atoms in total. The second-order valence-corrected chi connectivity index (χ2v) is 8.34. The van der Waals surface area contributed by atoms with Crippen LogP contribution in [-0.4, -0.2) is 38.4 Å². The van der Waals surface area contributed by atoms with Crippen molar-refractivity contribution in [2.75, 3.05) is 13.1 Å². The molecule has 4 rings (SSSR count). The summed E-state index contributed by atoms with van der Waals surface area (Å²) >= 11 is 1.70. The molecule has 0 aliphatic carbocycles. The molecule has 0 N–H and O–H groups in total. The maximum absolute atomic E-state index is 13.0. The van der Waals surface area contributed by atoms with Crippen LogP contribution in [0.4, 0.5) is 0 Å². The van der Waals surface area contributed by atoms with Gasteiger partial charge in [0.05, 0.1) is 22.7 Å². The summed E-state index contributed by atoms with van der Waals surface area (Å²) in [4.78, 5) is 24.1. The fraction of sp³-hybridized carbons (Fsp3) is 0.381. The van der Waals surface area contributed by atoms with Gasteiger partial charge in [-0.1, -0.05) is 30.3 Å². The number of carbonyl (C=O) groups is 1. The van der Waals surface area contributed by atoms with Crippen molar-refractivity contribution in [2.45, 2.75) is 32.1 Å². The van der Waals surface area contributed by atoms with Crippen molar-refractivity contribution in [3.63, 3.8) is 0 Å². The summed E-state index contributed by atoms with van der Waals surface area (Å²) in [5.41, 5.74) is 3.79.